The van der Waals surface area contributed by atoms with E-state index >= 15 is 0 Å². The van der Waals surface area contributed by atoms with Crippen molar-refractivity contribution >= 4 is 11.7 Å². The number of carboxylic acids is 1. The summed E-state index contributed by atoms with van der Waals surface area (Å²) >= 11 is 0. The van der Waals surface area contributed by atoms with Crippen LogP contribution in [0.5, 0.6) is 0 Å². The van der Waals surface area contributed by atoms with Crippen LogP contribution in [0.1, 0.15) is 5.56 Å². The van der Waals surface area contributed by atoms with Crippen LogP contribution in [0.4, 0.5) is 5.69 Å². The van der Waals surface area contributed by atoms with Crippen LogP contribution in [0.2, 0.25) is 0 Å². The number of carbonyl (C=O) groups is 1. The third-order valence-corrected chi connectivity index (χ3v) is 2.56. The quantitative estimate of drug-likeness (QED) is 0.756. The lowest BCUT2D eigenvalue weighted by molar-refractivity contribution is -0.142. The molecule has 0 bridgehead atoms. The third kappa shape index (κ3) is 1.43. The average molecular weight is 192 g/mol. The Morgan fingerprint density at radius 1 is 1.64 bits per heavy atom. The Morgan fingerprint density at radius 3 is 2.93 bits per heavy atom. The zero-order valence-electron chi connectivity index (χ0n) is 7.97. The van der Waals surface area contributed by atoms with Crippen LogP contribution in [-0.2, 0) is 4.79 Å². The minimum absolute atomic E-state index is 0.206. The van der Waals surface area contributed by atoms with Gasteiger partial charge in [0, 0.05) is 31.2 Å². The van der Waals surface area contributed by atoms with Gasteiger partial charge in [0.1, 0.15) is 0 Å². The van der Waals surface area contributed by atoms with E-state index in [4.69, 9.17) is 5.11 Å². The fourth-order valence-electron chi connectivity index (χ4n) is 1.65. The topological polar surface area (TPSA) is 53.4 Å². The van der Waals surface area contributed by atoms with Gasteiger partial charge in [0.15, 0.2) is 0 Å². The lowest BCUT2D eigenvalue weighted by atomic mass is 9.99. The summed E-state index contributed by atoms with van der Waals surface area (Å²) in [4.78, 5) is 16.7. The minimum atomic E-state index is -0.701. The van der Waals surface area contributed by atoms with E-state index in [0.29, 0.717) is 13.1 Å². The van der Waals surface area contributed by atoms with E-state index in [1.54, 1.807) is 12.4 Å². The Hall–Kier alpha value is -1.58. The molecule has 0 radical (unpaired) electrons. The van der Waals surface area contributed by atoms with Gasteiger partial charge in [0.2, 0.25) is 0 Å². The van der Waals surface area contributed by atoms with E-state index in [1.165, 1.54) is 0 Å². The maximum atomic E-state index is 10.6. The SMILES string of the molecule is Cc1cnccc1N1CC(C(=O)O)C1. The predicted molar refractivity (Wildman–Crippen MR) is 52.3 cm³/mol. The predicted octanol–water partition coefficient (Wildman–Crippen LogP) is 0.911. The monoisotopic (exact) mass is 192 g/mol. The molecule has 2 heterocycles. The van der Waals surface area contributed by atoms with Gasteiger partial charge in [-0.2, -0.15) is 0 Å². The summed E-state index contributed by atoms with van der Waals surface area (Å²) in [7, 11) is 0. The second kappa shape index (κ2) is 3.29. The molecule has 1 fully saturated rings. The van der Waals surface area contributed by atoms with Crippen LogP contribution in [0.25, 0.3) is 0 Å². The van der Waals surface area contributed by atoms with Crippen molar-refractivity contribution in [2.24, 2.45) is 5.92 Å². The van der Waals surface area contributed by atoms with Gasteiger partial charge < -0.3 is 10.0 Å². The molecule has 74 valence electrons. The lowest BCUT2D eigenvalue weighted by Crippen LogP contribution is -2.50. The molecule has 1 aromatic rings. The normalized spacial score (nSPS) is 16.5. The fraction of sp³-hybridized carbons (Fsp3) is 0.400. The number of carboxylic acid groups (broad SMARTS) is 1. The smallest absolute Gasteiger partial charge is 0.310 e. The van der Waals surface area contributed by atoms with Gasteiger partial charge in [-0.3, -0.25) is 9.78 Å². The molecule has 0 unspecified atom stereocenters. The Labute approximate surface area is 82.2 Å². The summed E-state index contributed by atoms with van der Waals surface area (Å²) in [6, 6.07) is 1.92. The average Bonchev–Trinajstić information content (AvgIpc) is 2.05. The molecular formula is C10H12N2O2. The van der Waals surface area contributed by atoms with Crippen molar-refractivity contribution in [3.05, 3.63) is 24.0 Å². The second-order valence-corrected chi connectivity index (χ2v) is 3.60. The Balaban J connectivity index is 2.07. The van der Waals surface area contributed by atoms with Crippen molar-refractivity contribution in [2.45, 2.75) is 6.92 Å². The first-order chi connectivity index (χ1) is 6.68. The first-order valence-corrected chi connectivity index (χ1v) is 4.57. The first kappa shape index (κ1) is 8.99. The van der Waals surface area contributed by atoms with E-state index in [-0.39, 0.29) is 5.92 Å². The molecule has 1 aliphatic rings. The van der Waals surface area contributed by atoms with Gasteiger partial charge in [0.25, 0.3) is 0 Å². The molecule has 0 spiro atoms. The standard InChI is InChI=1S/C10H12N2O2/c1-7-4-11-3-2-9(7)12-5-8(6-12)10(13)14/h2-4,8H,5-6H2,1H3,(H,13,14). The third-order valence-electron chi connectivity index (χ3n) is 2.56. The number of aromatic nitrogens is 1. The summed E-state index contributed by atoms with van der Waals surface area (Å²) < 4.78 is 0. The van der Waals surface area contributed by atoms with Crippen molar-refractivity contribution in [1.29, 1.82) is 0 Å². The molecule has 0 aromatic carbocycles. The molecule has 4 heteroatoms. The van der Waals surface area contributed by atoms with Crippen molar-refractivity contribution < 1.29 is 9.90 Å². The Morgan fingerprint density at radius 2 is 2.36 bits per heavy atom. The van der Waals surface area contributed by atoms with E-state index < -0.39 is 5.97 Å². The first-order valence-electron chi connectivity index (χ1n) is 4.57. The molecular weight excluding hydrogens is 180 g/mol. The van der Waals surface area contributed by atoms with Crippen molar-refractivity contribution in [1.82, 2.24) is 4.98 Å². The van der Waals surface area contributed by atoms with Crippen molar-refractivity contribution in [2.75, 3.05) is 18.0 Å². The van der Waals surface area contributed by atoms with Gasteiger partial charge in [-0.05, 0) is 18.6 Å². The van der Waals surface area contributed by atoms with Gasteiger partial charge in [0.05, 0.1) is 5.92 Å². The van der Waals surface area contributed by atoms with E-state index in [2.05, 4.69) is 9.88 Å². The second-order valence-electron chi connectivity index (χ2n) is 3.60. The highest BCUT2D eigenvalue weighted by atomic mass is 16.4. The highest BCUT2D eigenvalue weighted by Crippen LogP contribution is 2.26. The summed E-state index contributed by atoms with van der Waals surface area (Å²) in [5.41, 5.74) is 2.19. The molecule has 0 amide bonds. The number of aliphatic carboxylic acids is 1. The number of pyridine rings is 1. The van der Waals surface area contributed by atoms with E-state index in [0.717, 1.165) is 11.3 Å². The Kier molecular flexibility index (Phi) is 2.11. The van der Waals surface area contributed by atoms with Gasteiger partial charge in [-0.15, -0.1) is 0 Å². The lowest BCUT2D eigenvalue weighted by Gasteiger charge is -2.39. The zero-order chi connectivity index (χ0) is 10.1. The molecule has 1 N–H and O–H groups in total. The highest BCUT2D eigenvalue weighted by Gasteiger charge is 2.32. The number of hydrogen-bond donors (Lipinski definition) is 1. The highest BCUT2D eigenvalue weighted by molar-refractivity contribution is 5.74. The molecule has 0 saturated carbocycles. The number of hydrogen-bond acceptors (Lipinski definition) is 3. The molecule has 1 aromatic heterocycles. The summed E-state index contributed by atoms with van der Waals surface area (Å²) in [6.45, 7) is 3.21. The minimum Gasteiger partial charge on any atom is -0.481 e. The number of anilines is 1. The number of nitrogens with zero attached hydrogens (tertiary/aromatic N) is 2. The van der Waals surface area contributed by atoms with Crippen LogP contribution in [0.3, 0.4) is 0 Å². The molecule has 2 rings (SSSR count). The van der Waals surface area contributed by atoms with Gasteiger partial charge in [-0.25, -0.2) is 0 Å². The van der Waals surface area contributed by atoms with Crippen LogP contribution in [0, 0.1) is 12.8 Å². The van der Waals surface area contributed by atoms with Crippen molar-refractivity contribution in [3.8, 4) is 0 Å². The summed E-state index contributed by atoms with van der Waals surface area (Å²) in [5, 5.41) is 8.73. The molecule has 4 nitrogen and oxygen atoms in total. The van der Waals surface area contributed by atoms with E-state index in [1.807, 2.05) is 13.0 Å². The van der Waals surface area contributed by atoms with Gasteiger partial charge in [-0.1, -0.05) is 0 Å². The van der Waals surface area contributed by atoms with Crippen LogP contribution < -0.4 is 4.90 Å². The van der Waals surface area contributed by atoms with E-state index in [9.17, 15) is 4.79 Å². The molecule has 0 aliphatic carbocycles. The van der Waals surface area contributed by atoms with Crippen LogP contribution in [-0.4, -0.2) is 29.1 Å². The fourth-order valence-corrected chi connectivity index (χ4v) is 1.65. The molecule has 1 saturated heterocycles. The molecule has 0 atom stereocenters. The van der Waals surface area contributed by atoms with Crippen LogP contribution >= 0.6 is 0 Å². The number of aryl methyl sites for hydroxylation is 1. The largest absolute Gasteiger partial charge is 0.481 e. The summed E-state index contributed by atoms with van der Waals surface area (Å²) in [5.74, 6) is -0.907. The van der Waals surface area contributed by atoms with Crippen molar-refractivity contribution in [3.63, 3.8) is 0 Å². The number of rotatable bonds is 2. The molecule has 14 heavy (non-hydrogen) atoms. The van der Waals surface area contributed by atoms with Crippen LogP contribution in [0.15, 0.2) is 18.5 Å². The maximum Gasteiger partial charge on any atom is 0.310 e. The summed E-state index contributed by atoms with van der Waals surface area (Å²) in [6.07, 6.45) is 3.53. The zero-order valence-corrected chi connectivity index (χ0v) is 7.97. The van der Waals surface area contributed by atoms with Gasteiger partial charge >= 0.3 is 5.97 Å². The molecule has 1 aliphatic heterocycles. The Bertz CT molecular complexity index is 359. The maximum absolute atomic E-state index is 10.6.